The molecule has 0 aliphatic rings. The summed E-state index contributed by atoms with van der Waals surface area (Å²) in [6, 6.07) is 5.53. The summed E-state index contributed by atoms with van der Waals surface area (Å²) in [5.74, 6) is -0.195. The smallest absolute Gasteiger partial charge is 0.387 e. The molecule has 0 atom stereocenters. The Bertz CT molecular complexity index is 325. The van der Waals surface area contributed by atoms with Gasteiger partial charge in [0, 0.05) is 12.1 Å². The first-order chi connectivity index (χ1) is 7.13. The summed E-state index contributed by atoms with van der Waals surface area (Å²) < 4.78 is 27.7. The minimum atomic E-state index is -2.85. The first-order valence-corrected chi connectivity index (χ1v) is 4.46. The lowest BCUT2D eigenvalue weighted by atomic mass is 10.2. The van der Waals surface area contributed by atoms with Crippen LogP contribution in [0.4, 0.5) is 8.78 Å². The summed E-state index contributed by atoms with van der Waals surface area (Å²) in [6.45, 7) is -0.527. The molecule has 3 nitrogen and oxygen atoms in total. The normalized spacial score (nSPS) is 10.1. The molecule has 1 aromatic carbocycles. The van der Waals surface area contributed by atoms with Crippen molar-refractivity contribution < 1.29 is 18.3 Å². The molecule has 15 heavy (non-hydrogen) atoms. The summed E-state index contributed by atoms with van der Waals surface area (Å²) in [5, 5.41) is 2.59. The number of hydrogen-bond donors (Lipinski definition) is 1. The van der Waals surface area contributed by atoms with Gasteiger partial charge in [-0.25, -0.2) is 0 Å². The van der Waals surface area contributed by atoms with Crippen LogP contribution in [-0.2, 0) is 0 Å². The number of hydrogen-bond acceptors (Lipinski definition) is 2. The van der Waals surface area contributed by atoms with Gasteiger partial charge in [0.05, 0.1) is 0 Å². The van der Waals surface area contributed by atoms with E-state index in [0.29, 0.717) is 12.1 Å². The highest BCUT2D eigenvalue weighted by molar-refractivity contribution is 5.94. The van der Waals surface area contributed by atoms with Crippen LogP contribution in [0.5, 0.6) is 5.75 Å². The highest BCUT2D eigenvalue weighted by Gasteiger charge is 2.06. The van der Waals surface area contributed by atoms with Crippen LogP contribution in [-0.4, -0.2) is 19.1 Å². The van der Waals surface area contributed by atoms with Crippen LogP contribution < -0.4 is 10.1 Å². The molecular weight excluding hydrogens is 204 g/mol. The molecule has 82 valence electrons. The Morgan fingerprint density at radius 2 is 2.00 bits per heavy atom. The molecule has 0 saturated carbocycles. The highest BCUT2D eigenvalue weighted by atomic mass is 19.3. The van der Waals surface area contributed by atoms with Crippen LogP contribution in [0.15, 0.2) is 24.3 Å². The Labute approximate surface area is 86.0 Å². The van der Waals surface area contributed by atoms with Crippen LogP contribution >= 0.6 is 0 Å². The molecule has 0 heterocycles. The maximum Gasteiger partial charge on any atom is 0.387 e. The van der Waals surface area contributed by atoms with Crippen molar-refractivity contribution in [3.63, 3.8) is 0 Å². The molecule has 0 unspecified atom stereocenters. The highest BCUT2D eigenvalue weighted by Crippen LogP contribution is 2.14. The second-order valence-corrected chi connectivity index (χ2v) is 2.76. The van der Waals surface area contributed by atoms with E-state index in [2.05, 4.69) is 10.1 Å². The number of amides is 1. The number of nitrogens with one attached hydrogen (secondary N) is 1. The predicted octanol–water partition coefficient (Wildman–Crippen LogP) is 2.04. The van der Waals surface area contributed by atoms with E-state index in [1.807, 2.05) is 0 Å². The van der Waals surface area contributed by atoms with E-state index < -0.39 is 6.61 Å². The summed E-state index contributed by atoms with van der Waals surface area (Å²) in [4.78, 5) is 11.3. The summed E-state index contributed by atoms with van der Waals surface area (Å²) >= 11 is 0. The topological polar surface area (TPSA) is 38.3 Å². The Morgan fingerprint density at radius 3 is 2.47 bits per heavy atom. The summed E-state index contributed by atoms with van der Waals surface area (Å²) in [5.41, 5.74) is 0.415. The van der Waals surface area contributed by atoms with Crippen molar-refractivity contribution in [3.8, 4) is 5.75 Å². The Morgan fingerprint density at radius 1 is 1.40 bits per heavy atom. The van der Waals surface area contributed by atoms with Crippen LogP contribution in [0.2, 0.25) is 0 Å². The lowest BCUT2D eigenvalue weighted by molar-refractivity contribution is -0.0498. The molecule has 1 N–H and O–H groups in total. The van der Waals surface area contributed by atoms with Gasteiger partial charge in [-0.05, 0) is 31.2 Å². The van der Waals surface area contributed by atoms with E-state index in [9.17, 15) is 13.6 Å². The first-order valence-electron chi connectivity index (χ1n) is 4.46. The summed E-state index contributed by atoms with van der Waals surface area (Å²) in [7, 11) is 0. The Hall–Kier alpha value is -1.65. The maximum atomic E-state index is 11.8. The predicted molar refractivity (Wildman–Crippen MR) is 51.1 cm³/mol. The van der Waals surface area contributed by atoms with Gasteiger partial charge in [0.2, 0.25) is 0 Å². The Kier molecular flexibility index (Phi) is 4.03. The quantitative estimate of drug-likeness (QED) is 0.834. The van der Waals surface area contributed by atoms with E-state index in [1.54, 1.807) is 6.92 Å². The largest absolute Gasteiger partial charge is 0.435 e. The lowest BCUT2D eigenvalue weighted by Gasteiger charge is -2.05. The standard InChI is InChI=1S/C10H11F2NO2/c1-2-13-9(14)7-3-5-8(6-4-7)15-10(11)12/h3-6,10H,2H2,1H3,(H,13,14). The number of carbonyl (C=O) groups is 1. The number of ether oxygens (including phenoxy) is 1. The van der Waals surface area contributed by atoms with Crippen molar-refractivity contribution in [1.82, 2.24) is 5.32 Å². The van der Waals surface area contributed by atoms with Gasteiger partial charge in [0.1, 0.15) is 5.75 Å². The fourth-order valence-corrected chi connectivity index (χ4v) is 1.05. The number of rotatable bonds is 4. The van der Waals surface area contributed by atoms with Crippen LogP contribution in [0.25, 0.3) is 0 Å². The molecular formula is C10H11F2NO2. The number of alkyl halides is 2. The fraction of sp³-hybridized carbons (Fsp3) is 0.300. The van der Waals surface area contributed by atoms with Crippen molar-refractivity contribution in [2.24, 2.45) is 0 Å². The lowest BCUT2D eigenvalue weighted by Crippen LogP contribution is -2.22. The first kappa shape index (κ1) is 11.4. The van der Waals surface area contributed by atoms with Crippen molar-refractivity contribution >= 4 is 5.91 Å². The van der Waals surface area contributed by atoms with Gasteiger partial charge < -0.3 is 10.1 Å². The van der Waals surface area contributed by atoms with Gasteiger partial charge in [-0.3, -0.25) is 4.79 Å². The average Bonchev–Trinajstić information content (AvgIpc) is 2.18. The average molecular weight is 215 g/mol. The SMILES string of the molecule is CCNC(=O)c1ccc(OC(F)F)cc1. The molecule has 1 aromatic rings. The van der Waals surface area contributed by atoms with E-state index in [0.717, 1.165) is 0 Å². The summed E-state index contributed by atoms with van der Waals surface area (Å²) in [6.07, 6.45) is 0. The third-order valence-electron chi connectivity index (χ3n) is 1.68. The van der Waals surface area contributed by atoms with E-state index >= 15 is 0 Å². The molecule has 1 rings (SSSR count). The third-order valence-corrected chi connectivity index (χ3v) is 1.68. The molecule has 0 saturated heterocycles. The number of carbonyl (C=O) groups excluding carboxylic acids is 1. The third kappa shape index (κ3) is 3.53. The van der Waals surface area contributed by atoms with Gasteiger partial charge in [-0.1, -0.05) is 0 Å². The van der Waals surface area contributed by atoms with Crippen LogP contribution in [0.1, 0.15) is 17.3 Å². The number of halogens is 2. The van der Waals surface area contributed by atoms with E-state index in [4.69, 9.17) is 0 Å². The fourth-order valence-electron chi connectivity index (χ4n) is 1.05. The molecule has 5 heteroatoms. The second kappa shape index (κ2) is 5.29. The zero-order valence-corrected chi connectivity index (χ0v) is 8.17. The van der Waals surface area contributed by atoms with Gasteiger partial charge in [0.15, 0.2) is 0 Å². The molecule has 0 aliphatic carbocycles. The molecule has 0 bridgehead atoms. The zero-order chi connectivity index (χ0) is 11.3. The van der Waals surface area contributed by atoms with Crippen LogP contribution in [0.3, 0.4) is 0 Å². The molecule has 1 amide bonds. The van der Waals surface area contributed by atoms with Gasteiger partial charge in [-0.2, -0.15) is 8.78 Å². The van der Waals surface area contributed by atoms with Gasteiger partial charge >= 0.3 is 6.61 Å². The second-order valence-electron chi connectivity index (χ2n) is 2.76. The van der Waals surface area contributed by atoms with Gasteiger partial charge in [0.25, 0.3) is 5.91 Å². The maximum absolute atomic E-state index is 11.8. The molecule has 0 spiro atoms. The molecule has 0 aliphatic heterocycles. The van der Waals surface area contributed by atoms with E-state index in [1.165, 1.54) is 24.3 Å². The number of benzene rings is 1. The monoisotopic (exact) mass is 215 g/mol. The Balaban J connectivity index is 2.67. The van der Waals surface area contributed by atoms with Crippen molar-refractivity contribution in [2.45, 2.75) is 13.5 Å². The molecule has 0 radical (unpaired) electrons. The van der Waals surface area contributed by atoms with Crippen molar-refractivity contribution in [3.05, 3.63) is 29.8 Å². The molecule has 0 fully saturated rings. The zero-order valence-electron chi connectivity index (χ0n) is 8.17. The molecule has 0 aromatic heterocycles. The minimum absolute atomic E-state index is 0.0399. The van der Waals surface area contributed by atoms with E-state index in [-0.39, 0.29) is 11.7 Å². The van der Waals surface area contributed by atoms with Crippen molar-refractivity contribution in [1.29, 1.82) is 0 Å². The minimum Gasteiger partial charge on any atom is -0.435 e. The van der Waals surface area contributed by atoms with Crippen LogP contribution in [0, 0.1) is 0 Å². The van der Waals surface area contributed by atoms with Gasteiger partial charge in [-0.15, -0.1) is 0 Å². The van der Waals surface area contributed by atoms with Crippen molar-refractivity contribution in [2.75, 3.05) is 6.54 Å².